The molecule has 0 aliphatic heterocycles. The van der Waals surface area contributed by atoms with E-state index in [1.165, 1.54) is 12.1 Å². The Balaban J connectivity index is 2.06. The molecule has 100 valence electrons. The summed E-state index contributed by atoms with van der Waals surface area (Å²) >= 11 is 0. The molecule has 0 aliphatic carbocycles. The third kappa shape index (κ3) is 3.72. The highest BCUT2D eigenvalue weighted by atomic mass is 19.1. The second-order valence-corrected chi connectivity index (χ2v) is 4.53. The van der Waals surface area contributed by atoms with E-state index in [9.17, 15) is 4.39 Å². The molecule has 0 fully saturated rings. The van der Waals surface area contributed by atoms with Crippen molar-refractivity contribution in [1.29, 1.82) is 0 Å². The van der Waals surface area contributed by atoms with E-state index in [0.29, 0.717) is 18.4 Å². The fraction of sp³-hybridized carbons (Fsp3) is 0.286. The van der Waals surface area contributed by atoms with Crippen LogP contribution in [0.3, 0.4) is 0 Å². The first-order valence-corrected chi connectivity index (χ1v) is 6.21. The molecule has 0 amide bonds. The summed E-state index contributed by atoms with van der Waals surface area (Å²) in [4.78, 5) is 8.41. The monoisotopic (exact) mass is 260 g/mol. The smallest absolute Gasteiger partial charge is 0.222 e. The fourth-order valence-corrected chi connectivity index (χ4v) is 1.59. The molecule has 0 saturated heterocycles. The maximum absolute atomic E-state index is 13.1. The van der Waals surface area contributed by atoms with Gasteiger partial charge in [0.25, 0.3) is 0 Å². The van der Waals surface area contributed by atoms with Crippen molar-refractivity contribution < 1.29 is 4.39 Å². The molecule has 1 aromatic carbocycles. The van der Waals surface area contributed by atoms with Gasteiger partial charge in [0.05, 0.1) is 0 Å². The van der Waals surface area contributed by atoms with Gasteiger partial charge in [-0.2, -0.15) is 0 Å². The molecule has 1 aromatic heterocycles. The molecule has 19 heavy (non-hydrogen) atoms. The summed E-state index contributed by atoms with van der Waals surface area (Å²) in [5, 5.41) is 3.11. The zero-order valence-corrected chi connectivity index (χ0v) is 10.8. The van der Waals surface area contributed by atoms with E-state index in [-0.39, 0.29) is 5.82 Å². The Bertz CT molecular complexity index is 527. The third-order valence-electron chi connectivity index (χ3n) is 2.82. The van der Waals surface area contributed by atoms with E-state index in [0.717, 1.165) is 17.7 Å². The Morgan fingerprint density at radius 3 is 2.63 bits per heavy atom. The van der Waals surface area contributed by atoms with Crippen LogP contribution in [0, 0.1) is 11.7 Å². The van der Waals surface area contributed by atoms with Crippen LogP contribution in [0.1, 0.15) is 6.92 Å². The first kappa shape index (κ1) is 13.4. The van der Waals surface area contributed by atoms with Crippen molar-refractivity contribution in [3.8, 4) is 11.1 Å². The van der Waals surface area contributed by atoms with Gasteiger partial charge in [0.1, 0.15) is 5.82 Å². The van der Waals surface area contributed by atoms with E-state index in [1.54, 1.807) is 18.5 Å². The molecule has 3 N–H and O–H groups in total. The van der Waals surface area contributed by atoms with E-state index >= 15 is 0 Å². The SMILES string of the molecule is CC(CN)CNc1ncc(-c2cccc(F)c2)cn1. The molecule has 1 heterocycles. The van der Waals surface area contributed by atoms with E-state index in [1.807, 2.05) is 13.0 Å². The molecule has 2 aromatic rings. The Morgan fingerprint density at radius 1 is 1.26 bits per heavy atom. The van der Waals surface area contributed by atoms with E-state index < -0.39 is 0 Å². The first-order chi connectivity index (χ1) is 9.19. The number of rotatable bonds is 5. The molecule has 1 unspecified atom stereocenters. The van der Waals surface area contributed by atoms with E-state index in [2.05, 4.69) is 15.3 Å². The molecule has 2 rings (SSSR count). The summed E-state index contributed by atoms with van der Waals surface area (Å²) in [6.45, 7) is 3.40. The van der Waals surface area contributed by atoms with Crippen LogP contribution < -0.4 is 11.1 Å². The average molecular weight is 260 g/mol. The standard InChI is InChI=1S/C14H17FN4/c1-10(6-16)7-17-14-18-8-12(9-19-14)11-3-2-4-13(15)5-11/h2-5,8-10H,6-7,16H2,1H3,(H,17,18,19). The topological polar surface area (TPSA) is 63.8 Å². The number of nitrogens with two attached hydrogens (primary N) is 1. The molecular formula is C14H17FN4. The van der Waals surface area contributed by atoms with Crippen molar-refractivity contribution in [2.24, 2.45) is 11.7 Å². The highest BCUT2D eigenvalue weighted by Crippen LogP contribution is 2.18. The molecule has 1 atom stereocenters. The summed E-state index contributed by atoms with van der Waals surface area (Å²) in [6.07, 6.45) is 3.36. The summed E-state index contributed by atoms with van der Waals surface area (Å²) in [6, 6.07) is 6.36. The highest BCUT2D eigenvalue weighted by molar-refractivity contribution is 5.61. The molecule has 0 bridgehead atoms. The normalized spacial score (nSPS) is 12.2. The average Bonchev–Trinajstić information content (AvgIpc) is 2.45. The number of benzene rings is 1. The van der Waals surface area contributed by atoms with Gasteiger partial charge in [0.2, 0.25) is 5.95 Å². The third-order valence-corrected chi connectivity index (χ3v) is 2.82. The maximum atomic E-state index is 13.1. The van der Waals surface area contributed by atoms with Gasteiger partial charge in [0.15, 0.2) is 0 Å². The largest absolute Gasteiger partial charge is 0.354 e. The minimum Gasteiger partial charge on any atom is -0.354 e. The van der Waals surface area contributed by atoms with Crippen LogP contribution >= 0.6 is 0 Å². The number of hydrogen-bond acceptors (Lipinski definition) is 4. The van der Waals surface area contributed by atoms with Crippen LogP contribution in [0.5, 0.6) is 0 Å². The predicted octanol–water partition coefficient (Wildman–Crippen LogP) is 2.29. The Kier molecular flexibility index (Phi) is 4.41. The minimum atomic E-state index is -0.267. The minimum absolute atomic E-state index is 0.267. The summed E-state index contributed by atoms with van der Waals surface area (Å²) in [5.41, 5.74) is 7.09. The van der Waals surface area contributed by atoms with Crippen LogP contribution in [-0.4, -0.2) is 23.1 Å². The van der Waals surface area contributed by atoms with Crippen LogP contribution in [-0.2, 0) is 0 Å². The second-order valence-electron chi connectivity index (χ2n) is 4.53. The van der Waals surface area contributed by atoms with Crippen LogP contribution in [0.15, 0.2) is 36.7 Å². The maximum Gasteiger partial charge on any atom is 0.222 e. The molecule has 0 radical (unpaired) electrons. The Labute approximate surface area is 111 Å². The van der Waals surface area contributed by atoms with Crippen molar-refractivity contribution in [2.45, 2.75) is 6.92 Å². The molecule has 0 aliphatic rings. The zero-order chi connectivity index (χ0) is 13.7. The van der Waals surface area contributed by atoms with Crippen molar-refractivity contribution in [1.82, 2.24) is 9.97 Å². The first-order valence-electron chi connectivity index (χ1n) is 6.21. The number of halogens is 1. The fourth-order valence-electron chi connectivity index (χ4n) is 1.59. The lowest BCUT2D eigenvalue weighted by Gasteiger charge is -2.10. The quantitative estimate of drug-likeness (QED) is 0.865. The highest BCUT2D eigenvalue weighted by Gasteiger charge is 2.03. The number of nitrogens with one attached hydrogen (secondary N) is 1. The molecule has 0 saturated carbocycles. The summed E-state index contributed by atoms with van der Waals surface area (Å²) < 4.78 is 13.1. The summed E-state index contributed by atoms with van der Waals surface area (Å²) in [5.74, 6) is 0.656. The molecule has 0 spiro atoms. The lowest BCUT2D eigenvalue weighted by atomic mass is 10.1. The van der Waals surface area contributed by atoms with E-state index in [4.69, 9.17) is 5.73 Å². The molecule has 4 nitrogen and oxygen atoms in total. The van der Waals surface area contributed by atoms with Crippen molar-refractivity contribution in [2.75, 3.05) is 18.4 Å². The van der Waals surface area contributed by atoms with Gasteiger partial charge in [-0.1, -0.05) is 19.1 Å². The van der Waals surface area contributed by atoms with Crippen molar-refractivity contribution >= 4 is 5.95 Å². The van der Waals surface area contributed by atoms with Gasteiger partial charge in [-0.15, -0.1) is 0 Å². The number of hydrogen-bond donors (Lipinski definition) is 2. The van der Waals surface area contributed by atoms with Gasteiger partial charge in [-0.25, -0.2) is 14.4 Å². The summed E-state index contributed by atoms with van der Waals surface area (Å²) in [7, 11) is 0. The van der Waals surface area contributed by atoms with Gasteiger partial charge in [-0.05, 0) is 30.2 Å². The zero-order valence-electron chi connectivity index (χ0n) is 10.8. The number of aromatic nitrogens is 2. The van der Waals surface area contributed by atoms with Crippen LogP contribution in [0.4, 0.5) is 10.3 Å². The van der Waals surface area contributed by atoms with Crippen molar-refractivity contribution in [3.05, 3.63) is 42.5 Å². The number of nitrogens with zero attached hydrogens (tertiary/aromatic N) is 2. The lowest BCUT2D eigenvalue weighted by molar-refractivity contribution is 0.625. The molecule has 5 heteroatoms. The van der Waals surface area contributed by atoms with Gasteiger partial charge in [0, 0.05) is 24.5 Å². The van der Waals surface area contributed by atoms with Gasteiger partial charge in [-0.3, -0.25) is 0 Å². The van der Waals surface area contributed by atoms with Gasteiger partial charge < -0.3 is 11.1 Å². The van der Waals surface area contributed by atoms with Crippen LogP contribution in [0.2, 0.25) is 0 Å². The number of anilines is 1. The predicted molar refractivity (Wildman–Crippen MR) is 74.1 cm³/mol. The van der Waals surface area contributed by atoms with Gasteiger partial charge >= 0.3 is 0 Å². The Morgan fingerprint density at radius 2 is 2.00 bits per heavy atom. The van der Waals surface area contributed by atoms with Crippen molar-refractivity contribution in [3.63, 3.8) is 0 Å². The lowest BCUT2D eigenvalue weighted by Crippen LogP contribution is -2.20. The molecular weight excluding hydrogens is 243 g/mol. The van der Waals surface area contributed by atoms with Crippen LogP contribution in [0.25, 0.3) is 11.1 Å². The second kappa shape index (κ2) is 6.24. The Hall–Kier alpha value is -2.01.